The minimum absolute atomic E-state index is 0.216. The summed E-state index contributed by atoms with van der Waals surface area (Å²) in [5.74, 6) is -2.99. The van der Waals surface area contributed by atoms with Gasteiger partial charge in [-0.3, -0.25) is 14.0 Å². The minimum atomic E-state index is -0.981. The molecule has 2 aromatic heterocycles. The lowest BCUT2D eigenvalue weighted by Gasteiger charge is -2.06. The van der Waals surface area contributed by atoms with E-state index < -0.39 is 23.4 Å². The number of rotatable bonds is 5. The standard InChI is InChI=1S/C15H12F2N4O2S/c16-9-1-2-11(12(17)5-9)14(23)19-7-13(22)18-6-10-8-21-3-4-24-15(21)20-10/h1-5,8H,6-7H2,(H,18,22)(H,19,23). The zero-order chi connectivity index (χ0) is 17.1. The lowest BCUT2D eigenvalue weighted by atomic mass is 10.2. The fourth-order valence-corrected chi connectivity index (χ4v) is 2.76. The fraction of sp³-hybridized carbons (Fsp3) is 0.133. The Hall–Kier alpha value is -2.81. The summed E-state index contributed by atoms with van der Waals surface area (Å²) in [6, 6.07) is 2.61. The summed E-state index contributed by atoms with van der Waals surface area (Å²) in [7, 11) is 0. The number of imidazole rings is 1. The van der Waals surface area contributed by atoms with Crippen LogP contribution in [0.15, 0.2) is 36.0 Å². The highest BCUT2D eigenvalue weighted by Gasteiger charge is 2.13. The van der Waals surface area contributed by atoms with Crippen molar-refractivity contribution in [3.05, 3.63) is 58.9 Å². The van der Waals surface area contributed by atoms with Crippen molar-refractivity contribution in [1.82, 2.24) is 20.0 Å². The van der Waals surface area contributed by atoms with Gasteiger partial charge >= 0.3 is 0 Å². The Balaban J connectivity index is 1.49. The number of thiazole rings is 1. The second-order valence-electron chi connectivity index (χ2n) is 4.91. The van der Waals surface area contributed by atoms with Crippen LogP contribution < -0.4 is 10.6 Å². The first-order valence-electron chi connectivity index (χ1n) is 6.94. The number of hydrogen-bond donors (Lipinski definition) is 2. The van der Waals surface area contributed by atoms with Crippen molar-refractivity contribution in [2.75, 3.05) is 6.54 Å². The zero-order valence-corrected chi connectivity index (χ0v) is 13.1. The van der Waals surface area contributed by atoms with E-state index in [-0.39, 0.29) is 18.7 Å². The van der Waals surface area contributed by atoms with Crippen molar-refractivity contribution in [1.29, 1.82) is 0 Å². The topological polar surface area (TPSA) is 75.5 Å². The molecule has 2 N–H and O–H groups in total. The van der Waals surface area contributed by atoms with Gasteiger partial charge in [-0.1, -0.05) is 0 Å². The molecule has 0 saturated heterocycles. The molecular weight excluding hydrogens is 338 g/mol. The molecule has 2 amide bonds. The second kappa shape index (κ2) is 6.75. The van der Waals surface area contributed by atoms with E-state index in [0.29, 0.717) is 11.8 Å². The first kappa shape index (κ1) is 16.1. The third-order valence-electron chi connectivity index (χ3n) is 3.20. The van der Waals surface area contributed by atoms with Crippen LogP contribution in [0.3, 0.4) is 0 Å². The van der Waals surface area contributed by atoms with Gasteiger partial charge in [0, 0.05) is 23.8 Å². The van der Waals surface area contributed by atoms with Crippen LogP contribution in [0.1, 0.15) is 16.1 Å². The van der Waals surface area contributed by atoms with Crippen LogP contribution in [0.4, 0.5) is 8.78 Å². The lowest BCUT2D eigenvalue weighted by molar-refractivity contribution is -0.120. The number of carbonyl (C=O) groups is 2. The third-order valence-corrected chi connectivity index (χ3v) is 3.97. The molecule has 0 aliphatic heterocycles. The van der Waals surface area contributed by atoms with E-state index in [9.17, 15) is 18.4 Å². The molecule has 0 saturated carbocycles. The molecule has 0 atom stereocenters. The van der Waals surface area contributed by atoms with Gasteiger partial charge in [0.2, 0.25) is 5.91 Å². The Labute approximate surface area is 139 Å². The van der Waals surface area contributed by atoms with E-state index in [4.69, 9.17) is 0 Å². The summed E-state index contributed by atoms with van der Waals surface area (Å²) in [6.45, 7) is -0.105. The van der Waals surface area contributed by atoms with E-state index in [1.54, 1.807) is 6.20 Å². The first-order valence-corrected chi connectivity index (χ1v) is 7.82. The maximum atomic E-state index is 13.5. The van der Waals surface area contributed by atoms with E-state index in [0.717, 1.165) is 17.1 Å². The normalized spacial score (nSPS) is 10.8. The Kier molecular flexibility index (Phi) is 4.52. The number of benzene rings is 1. The quantitative estimate of drug-likeness (QED) is 0.736. The van der Waals surface area contributed by atoms with Crippen LogP contribution >= 0.6 is 11.3 Å². The zero-order valence-electron chi connectivity index (χ0n) is 12.3. The Morgan fingerprint density at radius 3 is 2.83 bits per heavy atom. The fourth-order valence-electron chi connectivity index (χ4n) is 2.04. The molecule has 3 aromatic rings. The average molecular weight is 350 g/mol. The molecular formula is C15H12F2N4O2S. The van der Waals surface area contributed by atoms with Crippen molar-refractivity contribution >= 4 is 28.1 Å². The highest BCUT2D eigenvalue weighted by Crippen LogP contribution is 2.11. The predicted octanol–water partition coefficient (Wildman–Crippen LogP) is 1.72. The van der Waals surface area contributed by atoms with Gasteiger partial charge in [-0.05, 0) is 12.1 Å². The molecule has 24 heavy (non-hydrogen) atoms. The van der Waals surface area contributed by atoms with Gasteiger partial charge in [-0.15, -0.1) is 11.3 Å². The summed E-state index contributed by atoms with van der Waals surface area (Å²) in [4.78, 5) is 28.6. The Morgan fingerprint density at radius 2 is 2.08 bits per heavy atom. The molecule has 0 spiro atoms. The summed E-state index contributed by atoms with van der Waals surface area (Å²) in [5, 5.41) is 6.78. The number of nitrogens with zero attached hydrogens (tertiary/aromatic N) is 2. The maximum Gasteiger partial charge on any atom is 0.254 e. The van der Waals surface area contributed by atoms with Gasteiger partial charge in [-0.25, -0.2) is 13.8 Å². The van der Waals surface area contributed by atoms with Crippen LogP contribution in [-0.4, -0.2) is 27.7 Å². The van der Waals surface area contributed by atoms with E-state index in [1.165, 1.54) is 11.3 Å². The smallest absolute Gasteiger partial charge is 0.254 e. The van der Waals surface area contributed by atoms with Gasteiger partial charge in [-0.2, -0.15) is 0 Å². The van der Waals surface area contributed by atoms with Crippen LogP contribution in [-0.2, 0) is 11.3 Å². The maximum absolute atomic E-state index is 13.5. The Morgan fingerprint density at radius 1 is 1.25 bits per heavy atom. The summed E-state index contributed by atoms with van der Waals surface area (Å²) >= 11 is 1.48. The van der Waals surface area contributed by atoms with E-state index in [1.807, 2.05) is 16.0 Å². The van der Waals surface area contributed by atoms with Crippen molar-refractivity contribution in [2.24, 2.45) is 0 Å². The molecule has 9 heteroatoms. The van der Waals surface area contributed by atoms with Gasteiger partial charge in [0.15, 0.2) is 4.96 Å². The largest absolute Gasteiger partial charge is 0.349 e. The monoisotopic (exact) mass is 350 g/mol. The van der Waals surface area contributed by atoms with Gasteiger partial charge in [0.05, 0.1) is 24.3 Å². The van der Waals surface area contributed by atoms with Crippen LogP contribution in [0.25, 0.3) is 4.96 Å². The number of halogens is 2. The van der Waals surface area contributed by atoms with Gasteiger partial charge in [0.1, 0.15) is 11.6 Å². The molecule has 3 rings (SSSR count). The van der Waals surface area contributed by atoms with Crippen molar-refractivity contribution < 1.29 is 18.4 Å². The van der Waals surface area contributed by atoms with Crippen molar-refractivity contribution in [3.8, 4) is 0 Å². The molecule has 0 unspecified atom stereocenters. The first-order chi connectivity index (χ1) is 11.5. The molecule has 2 heterocycles. The molecule has 0 fully saturated rings. The van der Waals surface area contributed by atoms with Crippen molar-refractivity contribution in [2.45, 2.75) is 6.54 Å². The predicted molar refractivity (Wildman–Crippen MR) is 83.6 cm³/mol. The molecule has 0 radical (unpaired) electrons. The number of carbonyl (C=O) groups excluding carboxylic acids is 2. The van der Waals surface area contributed by atoms with Crippen LogP contribution in [0.5, 0.6) is 0 Å². The van der Waals surface area contributed by atoms with Gasteiger partial charge < -0.3 is 10.6 Å². The number of fused-ring (bicyclic) bond motifs is 1. The molecule has 6 nitrogen and oxygen atoms in total. The Bertz CT molecular complexity index is 877. The summed E-state index contributed by atoms with van der Waals surface area (Å²) in [6.07, 6.45) is 3.65. The van der Waals surface area contributed by atoms with Gasteiger partial charge in [0.25, 0.3) is 5.91 Å². The highest BCUT2D eigenvalue weighted by atomic mass is 32.1. The van der Waals surface area contributed by atoms with Crippen LogP contribution in [0.2, 0.25) is 0 Å². The number of hydrogen-bond acceptors (Lipinski definition) is 4. The number of amides is 2. The molecule has 0 aliphatic carbocycles. The minimum Gasteiger partial charge on any atom is -0.349 e. The lowest BCUT2D eigenvalue weighted by Crippen LogP contribution is -2.37. The highest BCUT2D eigenvalue weighted by molar-refractivity contribution is 7.15. The summed E-state index contributed by atoms with van der Waals surface area (Å²) in [5.41, 5.74) is 0.365. The SMILES string of the molecule is O=C(CNC(=O)c1ccc(F)cc1F)NCc1cn2ccsc2n1. The van der Waals surface area contributed by atoms with E-state index >= 15 is 0 Å². The average Bonchev–Trinajstić information content (AvgIpc) is 3.11. The summed E-state index contributed by atoms with van der Waals surface area (Å²) < 4.78 is 28.1. The molecule has 0 aliphatic rings. The van der Waals surface area contributed by atoms with Crippen LogP contribution in [0, 0.1) is 11.6 Å². The molecule has 124 valence electrons. The third kappa shape index (κ3) is 3.57. The number of nitrogens with one attached hydrogen (secondary N) is 2. The van der Waals surface area contributed by atoms with E-state index in [2.05, 4.69) is 15.6 Å². The molecule has 0 bridgehead atoms. The second-order valence-corrected chi connectivity index (χ2v) is 5.78. The number of aromatic nitrogens is 2. The molecule has 1 aromatic carbocycles. The van der Waals surface area contributed by atoms with Crippen molar-refractivity contribution in [3.63, 3.8) is 0 Å².